The molecule has 1 unspecified atom stereocenters. The molecule has 0 aliphatic carbocycles. The maximum absolute atomic E-state index is 10.8. The topological polar surface area (TPSA) is 26.3 Å². The van der Waals surface area contributed by atoms with Crippen molar-refractivity contribution in [1.82, 2.24) is 0 Å². The van der Waals surface area contributed by atoms with Crippen LogP contribution < -0.4 is 0 Å². The zero-order valence-corrected chi connectivity index (χ0v) is 8.39. The summed E-state index contributed by atoms with van der Waals surface area (Å²) in [5.74, 6) is 0.140. The van der Waals surface area contributed by atoms with Gasteiger partial charge in [-0.1, -0.05) is 13.8 Å². The van der Waals surface area contributed by atoms with Crippen LogP contribution in [0.3, 0.4) is 0 Å². The van der Waals surface area contributed by atoms with E-state index in [0.717, 1.165) is 12.7 Å². The molecular formula is C10H18O2. The van der Waals surface area contributed by atoms with Crippen LogP contribution in [0.15, 0.2) is 0 Å². The summed E-state index contributed by atoms with van der Waals surface area (Å²) in [5, 5.41) is 0. The molecule has 1 fully saturated rings. The van der Waals surface area contributed by atoms with Crippen LogP contribution >= 0.6 is 0 Å². The summed E-state index contributed by atoms with van der Waals surface area (Å²) in [6.07, 6.45) is 1.93. The second kappa shape index (κ2) is 2.84. The second-order valence-corrected chi connectivity index (χ2v) is 4.61. The minimum atomic E-state index is -0.184. The smallest absolute Gasteiger partial charge is 0.123 e. The van der Waals surface area contributed by atoms with E-state index in [-0.39, 0.29) is 16.9 Å². The van der Waals surface area contributed by atoms with E-state index in [1.165, 1.54) is 0 Å². The quantitative estimate of drug-likeness (QED) is 0.563. The number of hydrogen-bond acceptors (Lipinski definition) is 2. The van der Waals surface area contributed by atoms with Crippen LogP contribution in [0.4, 0.5) is 0 Å². The van der Waals surface area contributed by atoms with Crippen LogP contribution in [0, 0.1) is 11.3 Å². The molecule has 70 valence electrons. The van der Waals surface area contributed by atoms with Gasteiger partial charge in [-0.3, -0.25) is 0 Å². The van der Waals surface area contributed by atoms with Gasteiger partial charge in [0, 0.05) is 17.9 Å². The normalized spacial score (nSPS) is 32.8. The molecule has 2 heteroatoms. The number of carbonyl (C=O) groups is 1. The Hall–Kier alpha value is -0.370. The fraction of sp³-hybridized carbons (Fsp3) is 0.900. The summed E-state index contributed by atoms with van der Waals surface area (Å²) in [5.41, 5.74) is -0.232. The number of ether oxygens (including phenoxy) is 1. The highest BCUT2D eigenvalue weighted by Gasteiger charge is 2.46. The minimum absolute atomic E-state index is 0.0486. The monoisotopic (exact) mass is 170 g/mol. The second-order valence-electron chi connectivity index (χ2n) is 4.61. The van der Waals surface area contributed by atoms with Crippen LogP contribution in [-0.2, 0) is 9.53 Å². The van der Waals surface area contributed by atoms with Crippen molar-refractivity contribution in [3.63, 3.8) is 0 Å². The zero-order chi connectivity index (χ0) is 9.41. The Bertz CT molecular complexity index is 182. The van der Waals surface area contributed by atoms with Crippen molar-refractivity contribution in [3.8, 4) is 0 Å². The largest absolute Gasteiger partial charge is 0.375 e. The molecule has 1 saturated heterocycles. The van der Waals surface area contributed by atoms with Crippen molar-refractivity contribution in [1.29, 1.82) is 0 Å². The maximum atomic E-state index is 10.8. The van der Waals surface area contributed by atoms with E-state index in [1.807, 2.05) is 0 Å². The molecule has 0 spiro atoms. The van der Waals surface area contributed by atoms with E-state index in [9.17, 15) is 4.79 Å². The highest BCUT2D eigenvalue weighted by atomic mass is 16.5. The SMILES string of the molecule is CC1(C)OCCC(C=O)C1(C)C. The first-order chi connectivity index (χ1) is 5.42. The number of carbonyl (C=O) groups excluding carboxylic acids is 1. The lowest BCUT2D eigenvalue weighted by Crippen LogP contribution is -2.51. The van der Waals surface area contributed by atoms with E-state index in [2.05, 4.69) is 27.7 Å². The van der Waals surface area contributed by atoms with Gasteiger partial charge in [0.25, 0.3) is 0 Å². The maximum Gasteiger partial charge on any atom is 0.123 e. The first-order valence-electron chi connectivity index (χ1n) is 4.51. The van der Waals surface area contributed by atoms with Gasteiger partial charge in [-0.25, -0.2) is 0 Å². The van der Waals surface area contributed by atoms with Crippen LogP contribution in [-0.4, -0.2) is 18.5 Å². The first-order valence-corrected chi connectivity index (χ1v) is 4.51. The highest BCUT2D eigenvalue weighted by molar-refractivity contribution is 5.55. The molecule has 1 aliphatic rings. The van der Waals surface area contributed by atoms with Gasteiger partial charge in [0.1, 0.15) is 6.29 Å². The molecule has 1 rings (SSSR count). The lowest BCUT2D eigenvalue weighted by atomic mass is 9.66. The lowest BCUT2D eigenvalue weighted by molar-refractivity contribution is -0.166. The van der Waals surface area contributed by atoms with E-state index in [4.69, 9.17) is 4.74 Å². The Morgan fingerprint density at radius 2 is 1.92 bits per heavy atom. The fourth-order valence-electron chi connectivity index (χ4n) is 1.67. The molecule has 0 aromatic heterocycles. The van der Waals surface area contributed by atoms with E-state index < -0.39 is 0 Å². The molecular weight excluding hydrogens is 152 g/mol. The number of rotatable bonds is 1. The van der Waals surface area contributed by atoms with Gasteiger partial charge < -0.3 is 9.53 Å². The van der Waals surface area contributed by atoms with Crippen LogP contribution in [0.5, 0.6) is 0 Å². The molecule has 1 aliphatic heterocycles. The molecule has 0 N–H and O–H groups in total. The minimum Gasteiger partial charge on any atom is -0.375 e. The standard InChI is InChI=1S/C10H18O2/c1-9(2)8(7-11)5-6-12-10(9,3)4/h7-8H,5-6H2,1-4H3. The van der Waals surface area contributed by atoms with Gasteiger partial charge >= 0.3 is 0 Å². The Balaban J connectivity index is 2.89. The summed E-state index contributed by atoms with van der Waals surface area (Å²) in [6, 6.07) is 0. The molecule has 0 aromatic carbocycles. The zero-order valence-electron chi connectivity index (χ0n) is 8.39. The van der Waals surface area contributed by atoms with Crippen LogP contribution in [0.1, 0.15) is 34.1 Å². The van der Waals surface area contributed by atoms with Gasteiger partial charge in [-0.05, 0) is 20.3 Å². The number of aldehydes is 1. The molecule has 2 nitrogen and oxygen atoms in total. The van der Waals surface area contributed by atoms with E-state index in [1.54, 1.807) is 0 Å². The predicted molar refractivity (Wildman–Crippen MR) is 48.0 cm³/mol. The van der Waals surface area contributed by atoms with Crippen molar-refractivity contribution < 1.29 is 9.53 Å². The van der Waals surface area contributed by atoms with Gasteiger partial charge in [-0.15, -0.1) is 0 Å². The van der Waals surface area contributed by atoms with Crippen molar-refractivity contribution >= 4 is 6.29 Å². The number of hydrogen-bond donors (Lipinski definition) is 0. The summed E-state index contributed by atoms with van der Waals surface area (Å²) < 4.78 is 5.65. The van der Waals surface area contributed by atoms with Gasteiger partial charge in [0.15, 0.2) is 0 Å². The van der Waals surface area contributed by atoms with Crippen molar-refractivity contribution in [3.05, 3.63) is 0 Å². The third-order valence-electron chi connectivity index (χ3n) is 3.53. The molecule has 0 saturated carbocycles. The predicted octanol–water partition coefficient (Wildman–Crippen LogP) is 2.03. The van der Waals surface area contributed by atoms with Crippen LogP contribution in [0.2, 0.25) is 0 Å². The summed E-state index contributed by atoms with van der Waals surface area (Å²) in [4.78, 5) is 10.8. The summed E-state index contributed by atoms with van der Waals surface area (Å²) in [7, 11) is 0. The molecule has 0 aromatic rings. The van der Waals surface area contributed by atoms with Crippen LogP contribution in [0.25, 0.3) is 0 Å². The van der Waals surface area contributed by atoms with Gasteiger partial charge in [0.05, 0.1) is 5.60 Å². The Labute approximate surface area is 74.3 Å². The lowest BCUT2D eigenvalue weighted by Gasteiger charge is -2.48. The Morgan fingerprint density at radius 3 is 2.33 bits per heavy atom. The molecule has 0 radical (unpaired) electrons. The summed E-state index contributed by atoms with van der Waals surface area (Å²) in [6.45, 7) is 9.03. The fourth-order valence-corrected chi connectivity index (χ4v) is 1.67. The average Bonchev–Trinajstić information content (AvgIpc) is 1.95. The van der Waals surface area contributed by atoms with Crippen molar-refractivity contribution in [2.24, 2.45) is 11.3 Å². The van der Waals surface area contributed by atoms with Crippen molar-refractivity contribution in [2.45, 2.75) is 39.7 Å². The highest BCUT2D eigenvalue weighted by Crippen LogP contribution is 2.44. The average molecular weight is 170 g/mol. The summed E-state index contributed by atoms with van der Waals surface area (Å²) >= 11 is 0. The molecule has 1 atom stereocenters. The van der Waals surface area contributed by atoms with E-state index >= 15 is 0 Å². The molecule has 1 heterocycles. The van der Waals surface area contributed by atoms with Gasteiger partial charge in [0.2, 0.25) is 0 Å². The third-order valence-corrected chi connectivity index (χ3v) is 3.53. The van der Waals surface area contributed by atoms with Crippen molar-refractivity contribution in [2.75, 3.05) is 6.61 Å². The first kappa shape index (κ1) is 9.72. The third kappa shape index (κ3) is 1.28. The Kier molecular flexibility index (Phi) is 2.30. The Morgan fingerprint density at radius 1 is 1.33 bits per heavy atom. The molecule has 0 bridgehead atoms. The molecule has 0 amide bonds. The van der Waals surface area contributed by atoms with E-state index in [0.29, 0.717) is 6.61 Å². The van der Waals surface area contributed by atoms with Gasteiger partial charge in [-0.2, -0.15) is 0 Å². The molecule has 12 heavy (non-hydrogen) atoms.